The van der Waals surface area contributed by atoms with Gasteiger partial charge in [-0.05, 0) is 40.7 Å². The second-order valence-electron chi connectivity index (χ2n) is 5.62. The maximum atomic E-state index is 2.28. The maximum absolute atomic E-state index is 2.28. The van der Waals surface area contributed by atoms with Crippen molar-refractivity contribution in [3.8, 4) is 11.1 Å². The summed E-state index contributed by atoms with van der Waals surface area (Å²) in [6.07, 6.45) is 4.53. The van der Waals surface area contributed by atoms with Gasteiger partial charge in [-0.2, -0.15) is 0 Å². The van der Waals surface area contributed by atoms with Gasteiger partial charge in [0.2, 0.25) is 0 Å². The second-order valence-corrected chi connectivity index (χ2v) is 5.62. The van der Waals surface area contributed by atoms with Crippen LogP contribution in [0.4, 0.5) is 0 Å². The molecule has 0 saturated carbocycles. The van der Waals surface area contributed by atoms with Crippen molar-refractivity contribution in [2.24, 2.45) is 0 Å². The van der Waals surface area contributed by atoms with Crippen LogP contribution in [0.25, 0.3) is 17.2 Å². The van der Waals surface area contributed by atoms with Crippen molar-refractivity contribution in [2.75, 3.05) is 0 Å². The van der Waals surface area contributed by atoms with Gasteiger partial charge in [-0.25, -0.2) is 0 Å². The Kier molecular flexibility index (Phi) is 3.02. The van der Waals surface area contributed by atoms with E-state index in [1.165, 1.54) is 33.4 Å². The molecular formula is C19H19. The van der Waals surface area contributed by atoms with Crippen LogP contribution in [-0.2, 0) is 0 Å². The van der Waals surface area contributed by atoms with E-state index in [9.17, 15) is 0 Å². The summed E-state index contributed by atoms with van der Waals surface area (Å²) in [7, 11) is 0. The average molecular weight is 247 g/mol. The molecular weight excluding hydrogens is 228 g/mol. The van der Waals surface area contributed by atoms with Gasteiger partial charge in [-0.3, -0.25) is 0 Å². The van der Waals surface area contributed by atoms with Crippen LogP contribution in [0.3, 0.4) is 0 Å². The minimum absolute atomic E-state index is 0.589. The van der Waals surface area contributed by atoms with E-state index in [1.54, 1.807) is 0 Å². The molecule has 19 heavy (non-hydrogen) atoms. The molecule has 0 heteroatoms. The Morgan fingerprint density at radius 1 is 0.895 bits per heavy atom. The number of rotatable bonds is 2. The van der Waals surface area contributed by atoms with Crippen LogP contribution in [0, 0.1) is 6.42 Å². The van der Waals surface area contributed by atoms with E-state index in [2.05, 4.69) is 75.7 Å². The first-order valence-electron chi connectivity index (χ1n) is 6.91. The van der Waals surface area contributed by atoms with E-state index in [1.807, 2.05) is 0 Å². The lowest BCUT2D eigenvalue weighted by atomic mass is 9.94. The molecule has 0 spiro atoms. The number of allylic oxidation sites excluding steroid dienone is 1. The van der Waals surface area contributed by atoms with E-state index in [4.69, 9.17) is 0 Å². The van der Waals surface area contributed by atoms with Crippen LogP contribution < -0.4 is 0 Å². The van der Waals surface area contributed by atoms with Crippen molar-refractivity contribution in [1.82, 2.24) is 0 Å². The molecule has 0 aliphatic heterocycles. The molecule has 0 unspecified atom stereocenters. The molecule has 0 heterocycles. The van der Waals surface area contributed by atoms with Crippen molar-refractivity contribution in [3.05, 3.63) is 71.1 Å². The second kappa shape index (κ2) is 4.70. The van der Waals surface area contributed by atoms with Crippen molar-refractivity contribution < 1.29 is 0 Å². The van der Waals surface area contributed by atoms with Crippen LogP contribution in [0.15, 0.2) is 48.0 Å². The highest BCUT2D eigenvalue weighted by Crippen LogP contribution is 2.35. The Hall–Kier alpha value is -1.82. The molecule has 2 aromatic rings. The summed E-state index contributed by atoms with van der Waals surface area (Å²) in [5.41, 5.74) is 8.07. The fraction of sp³-hybridized carbons (Fsp3) is 0.211. The van der Waals surface area contributed by atoms with Gasteiger partial charge < -0.3 is 0 Å². The molecule has 0 bridgehead atoms. The van der Waals surface area contributed by atoms with Gasteiger partial charge in [0.05, 0.1) is 0 Å². The van der Waals surface area contributed by atoms with Gasteiger partial charge >= 0.3 is 0 Å². The molecule has 0 fully saturated rings. The van der Waals surface area contributed by atoms with Crippen molar-refractivity contribution >= 4 is 6.08 Å². The zero-order chi connectivity index (χ0) is 13.4. The van der Waals surface area contributed by atoms with Gasteiger partial charge in [-0.15, -0.1) is 0 Å². The van der Waals surface area contributed by atoms with Crippen LogP contribution >= 0.6 is 0 Å². The van der Waals surface area contributed by atoms with E-state index in [0.29, 0.717) is 5.92 Å². The molecule has 2 aromatic carbocycles. The molecule has 0 atom stereocenters. The van der Waals surface area contributed by atoms with Crippen LogP contribution in [0.2, 0.25) is 0 Å². The van der Waals surface area contributed by atoms with E-state index in [-0.39, 0.29) is 0 Å². The maximum Gasteiger partial charge on any atom is 0.0161 e. The van der Waals surface area contributed by atoms with Crippen molar-refractivity contribution in [3.63, 3.8) is 0 Å². The molecule has 0 N–H and O–H groups in total. The minimum atomic E-state index is 0.589. The van der Waals surface area contributed by atoms with Crippen molar-refractivity contribution in [1.29, 1.82) is 0 Å². The zero-order valence-electron chi connectivity index (χ0n) is 11.8. The highest BCUT2D eigenvalue weighted by atomic mass is 14.2. The Morgan fingerprint density at radius 2 is 1.63 bits per heavy atom. The first-order chi connectivity index (χ1) is 9.15. The molecule has 0 amide bonds. The van der Waals surface area contributed by atoms with E-state index in [0.717, 1.165) is 0 Å². The first-order valence-corrected chi connectivity index (χ1v) is 6.91. The van der Waals surface area contributed by atoms with E-state index >= 15 is 0 Å². The van der Waals surface area contributed by atoms with Gasteiger partial charge in [0, 0.05) is 6.42 Å². The number of benzene rings is 2. The largest absolute Gasteiger partial charge is 0.0642 e. The fourth-order valence-corrected chi connectivity index (χ4v) is 2.68. The summed E-state index contributed by atoms with van der Waals surface area (Å²) in [5, 5.41) is 0. The summed E-state index contributed by atoms with van der Waals surface area (Å²) in [6, 6.07) is 15.5. The Morgan fingerprint density at radius 3 is 2.32 bits per heavy atom. The summed E-state index contributed by atoms with van der Waals surface area (Å²) in [5.74, 6) is 0.589. The predicted octanol–water partition coefficient (Wildman–Crippen LogP) is 5.45. The van der Waals surface area contributed by atoms with Gasteiger partial charge in [-0.1, -0.05) is 68.0 Å². The molecule has 1 aliphatic rings. The third kappa shape index (κ3) is 2.23. The zero-order valence-corrected chi connectivity index (χ0v) is 11.8. The van der Waals surface area contributed by atoms with Crippen molar-refractivity contribution in [2.45, 2.75) is 26.7 Å². The topological polar surface area (TPSA) is 0 Å². The first kappa shape index (κ1) is 12.2. The van der Waals surface area contributed by atoms with Crippen LogP contribution in [-0.4, -0.2) is 0 Å². The standard InChI is InChI=1S/C19H19/c1-13(2)15-7-9-16(10-8-15)18-6-4-5-17-11-14(3)12-19(17)18/h4-13H,1-3H3. The lowest BCUT2D eigenvalue weighted by Gasteiger charge is -2.10. The van der Waals surface area contributed by atoms with E-state index < -0.39 is 0 Å². The predicted molar refractivity (Wildman–Crippen MR) is 83.0 cm³/mol. The monoisotopic (exact) mass is 247 g/mol. The molecule has 1 radical (unpaired) electrons. The molecule has 1 aliphatic carbocycles. The summed E-state index contributed by atoms with van der Waals surface area (Å²) in [6.45, 7) is 6.62. The highest BCUT2D eigenvalue weighted by molar-refractivity contribution is 5.83. The van der Waals surface area contributed by atoms with Crippen LogP contribution in [0.5, 0.6) is 0 Å². The number of hydrogen-bond donors (Lipinski definition) is 0. The fourth-order valence-electron chi connectivity index (χ4n) is 2.68. The van der Waals surface area contributed by atoms with Crippen LogP contribution in [0.1, 0.15) is 43.4 Å². The quantitative estimate of drug-likeness (QED) is 0.662. The molecule has 3 rings (SSSR count). The lowest BCUT2D eigenvalue weighted by Crippen LogP contribution is -1.89. The third-order valence-electron chi connectivity index (χ3n) is 3.78. The number of fused-ring (bicyclic) bond motifs is 1. The molecule has 0 aromatic heterocycles. The third-order valence-corrected chi connectivity index (χ3v) is 3.78. The molecule has 0 saturated heterocycles. The number of hydrogen-bond acceptors (Lipinski definition) is 0. The SMILES string of the molecule is CC1=Cc2c(cccc2-c2ccc(C(C)C)cc2)[CH]1. The summed E-state index contributed by atoms with van der Waals surface area (Å²) >= 11 is 0. The summed E-state index contributed by atoms with van der Waals surface area (Å²) in [4.78, 5) is 0. The summed E-state index contributed by atoms with van der Waals surface area (Å²) < 4.78 is 0. The normalized spacial score (nSPS) is 13.6. The average Bonchev–Trinajstić information content (AvgIpc) is 2.78. The smallest absolute Gasteiger partial charge is 0.0161 e. The lowest BCUT2D eigenvalue weighted by molar-refractivity contribution is 0.867. The Labute approximate surface area is 115 Å². The van der Waals surface area contributed by atoms with Gasteiger partial charge in [0.15, 0.2) is 0 Å². The highest BCUT2D eigenvalue weighted by Gasteiger charge is 2.14. The molecule has 95 valence electrons. The Bertz CT molecular complexity index is 628. The van der Waals surface area contributed by atoms with Gasteiger partial charge in [0.1, 0.15) is 0 Å². The molecule has 0 nitrogen and oxygen atoms in total. The minimum Gasteiger partial charge on any atom is -0.0642 e. The Balaban J connectivity index is 2.06. The van der Waals surface area contributed by atoms with Gasteiger partial charge in [0.25, 0.3) is 0 Å².